The maximum atomic E-state index is 12.8. The summed E-state index contributed by atoms with van der Waals surface area (Å²) in [6.45, 7) is 0.568. The summed E-state index contributed by atoms with van der Waals surface area (Å²) in [6, 6.07) is 16.3. The lowest BCUT2D eigenvalue weighted by molar-refractivity contribution is -0.132. The number of aryl methyl sites for hydroxylation is 1. The van der Waals surface area contributed by atoms with Gasteiger partial charge in [-0.15, -0.1) is 0 Å². The molecule has 0 unspecified atom stereocenters. The number of nitrogens with zero attached hydrogens (tertiary/aromatic N) is 1. The van der Waals surface area contributed by atoms with Crippen molar-refractivity contribution in [3.8, 4) is 11.5 Å². The maximum absolute atomic E-state index is 12.8. The molecule has 2 aromatic carbocycles. The van der Waals surface area contributed by atoms with Crippen LogP contribution in [0.3, 0.4) is 0 Å². The van der Waals surface area contributed by atoms with E-state index in [0.29, 0.717) is 19.0 Å². The summed E-state index contributed by atoms with van der Waals surface area (Å²) >= 11 is 0. The molecule has 1 fully saturated rings. The topological polar surface area (TPSA) is 38.8 Å². The summed E-state index contributed by atoms with van der Waals surface area (Å²) in [5.74, 6) is 1.78. The van der Waals surface area contributed by atoms with Crippen molar-refractivity contribution < 1.29 is 14.3 Å². The molecule has 0 heterocycles. The summed E-state index contributed by atoms with van der Waals surface area (Å²) in [6.07, 6.45) is 3.48. The van der Waals surface area contributed by atoms with E-state index in [1.807, 2.05) is 41.3 Å². The van der Waals surface area contributed by atoms with Gasteiger partial charge in [-0.1, -0.05) is 30.3 Å². The minimum atomic E-state index is 0.205. The molecule has 3 rings (SSSR count). The van der Waals surface area contributed by atoms with Crippen LogP contribution < -0.4 is 9.47 Å². The highest BCUT2D eigenvalue weighted by Crippen LogP contribution is 2.32. The van der Waals surface area contributed by atoms with Gasteiger partial charge in [0, 0.05) is 24.6 Å². The van der Waals surface area contributed by atoms with Crippen LogP contribution in [0.4, 0.5) is 0 Å². The standard InChI is InChI=1S/C21H25NO3/c1-24-19-11-12-20(25-2)17(14-19)15-22(18-9-10-18)21(23)13-8-16-6-4-3-5-7-16/h3-7,11-12,14,18H,8-10,13,15H2,1-2H3. The van der Waals surface area contributed by atoms with Crippen molar-refractivity contribution in [1.29, 1.82) is 0 Å². The van der Waals surface area contributed by atoms with Crippen LogP contribution in [0.1, 0.15) is 30.4 Å². The zero-order valence-corrected chi connectivity index (χ0v) is 14.9. The van der Waals surface area contributed by atoms with Gasteiger partial charge < -0.3 is 14.4 Å². The molecule has 132 valence electrons. The van der Waals surface area contributed by atoms with Crippen LogP contribution in [0.2, 0.25) is 0 Å². The highest BCUT2D eigenvalue weighted by molar-refractivity contribution is 5.77. The smallest absolute Gasteiger partial charge is 0.223 e. The summed E-state index contributed by atoms with van der Waals surface area (Å²) in [7, 11) is 3.30. The molecule has 1 saturated carbocycles. The van der Waals surface area contributed by atoms with Gasteiger partial charge in [0.1, 0.15) is 11.5 Å². The van der Waals surface area contributed by atoms with Crippen LogP contribution in [0.25, 0.3) is 0 Å². The molecule has 0 N–H and O–H groups in total. The number of carbonyl (C=O) groups excluding carboxylic acids is 1. The molecule has 4 heteroatoms. The monoisotopic (exact) mass is 339 g/mol. The van der Waals surface area contributed by atoms with E-state index >= 15 is 0 Å². The first-order valence-electron chi connectivity index (χ1n) is 8.75. The Kier molecular flexibility index (Phi) is 5.59. The first-order chi connectivity index (χ1) is 12.2. The average Bonchev–Trinajstić information content (AvgIpc) is 3.49. The van der Waals surface area contributed by atoms with E-state index in [-0.39, 0.29) is 5.91 Å². The van der Waals surface area contributed by atoms with Gasteiger partial charge in [0.05, 0.1) is 14.2 Å². The fourth-order valence-electron chi connectivity index (χ4n) is 3.04. The quantitative estimate of drug-likeness (QED) is 0.734. The third kappa shape index (κ3) is 4.53. The zero-order valence-electron chi connectivity index (χ0n) is 14.9. The molecule has 1 aliphatic rings. The molecule has 0 aliphatic heterocycles. The Bertz CT molecular complexity index is 710. The van der Waals surface area contributed by atoms with Crippen LogP contribution in [-0.2, 0) is 17.8 Å². The van der Waals surface area contributed by atoms with Crippen LogP contribution in [0, 0.1) is 0 Å². The molecular formula is C21H25NO3. The summed E-state index contributed by atoms with van der Waals surface area (Å²) in [4.78, 5) is 14.8. The van der Waals surface area contributed by atoms with Gasteiger partial charge in [-0.05, 0) is 43.0 Å². The number of amides is 1. The van der Waals surface area contributed by atoms with E-state index < -0.39 is 0 Å². The molecule has 4 nitrogen and oxygen atoms in total. The first kappa shape index (κ1) is 17.3. The van der Waals surface area contributed by atoms with Crippen LogP contribution >= 0.6 is 0 Å². The summed E-state index contributed by atoms with van der Waals surface area (Å²) < 4.78 is 10.8. The van der Waals surface area contributed by atoms with Crippen molar-refractivity contribution in [2.75, 3.05) is 14.2 Å². The third-order valence-corrected chi connectivity index (χ3v) is 4.61. The Hall–Kier alpha value is -2.49. The highest BCUT2D eigenvalue weighted by Gasteiger charge is 2.32. The van der Waals surface area contributed by atoms with Gasteiger partial charge in [0.25, 0.3) is 0 Å². The second-order valence-electron chi connectivity index (χ2n) is 6.42. The number of hydrogen-bond donors (Lipinski definition) is 0. The zero-order chi connectivity index (χ0) is 17.6. The normalized spacial score (nSPS) is 13.4. The summed E-state index contributed by atoms with van der Waals surface area (Å²) in [5.41, 5.74) is 2.19. The fraction of sp³-hybridized carbons (Fsp3) is 0.381. The molecule has 25 heavy (non-hydrogen) atoms. The van der Waals surface area contributed by atoms with E-state index in [2.05, 4.69) is 12.1 Å². The SMILES string of the molecule is COc1ccc(OC)c(CN(C(=O)CCc2ccccc2)C2CC2)c1. The Morgan fingerprint density at radius 3 is 2.48 bits per heavy atom. The molecule has 1 amide bonds. The van der Waals surface area contributed by atoms with E-state index in [4.69, 9.17) is 9.47 Å². The second kappa shape index (κ2) is 8.06. The second-order valence-corrected chi connectivity index (χ2v) is 6.42. The van der Waals surface area contributed by atoms with E-state index in [1.54, 1.807) is 14.2 Å². The van der Waals surface area contributed by atoms with Gasteiger partial charge >= 0.3 is 0 Å². The van der Waals surface area contributed by atoms with Crippen LogP contribution in [-0.4, -0.2) is 31.1 Å². The molecule has 0 radical (unpaired) electrons. The lowest BCUT2D eigenvalue weighted by Crippen LogP contribution is -2.32. The van der Waals surface area contributed by atoms with Crippen molar-refractivity contribution in [3.63, 3.8) is 0 Å². The van der Waals surface area contributed by atoms with E-state index in [0.717, 1.165) is 36.3 Å². The third-order valence-electron chi connectivity index (χ3n) is 4.61. The van der Waals surface area contributed by atoms with Crippen LogP contribution in [0.15, 0.2) is 48.5 Å². The molecule has 0 atom stereocenters. The largest absolute Gasteiger partial charge is 0.497 e. The van der Waals surface area contributed by atoms with Crippen molar-refractivity contribution in [2.45, 2.75) is 38.3 Å². The van der Waals surface area contributed by atoms with Gasteiger partial charge in [0.15, 0.2) is 0 Å². The number of carbonyl (C=O) groups is 1. The predicted octanol–water partition coefficient (Wildman–Crippen LogP) is 3.83. The van der Waals surface area contributed by atoms with Gasteiger partial charge in [-0.25, -0.2) is 0 Å². The Labute approximate surface area is 149 Å². The molecule has 0 aromatic heterocycles. The molecular weight excluding hydrogens is 314 g/mol. The van der Waals surface area contributed by atoms with Crippen molar-refractivity contribution in [2.24, 2.45) is 0 Å². The molecule has 0 bridgehead atoms. The van der Waals surface area contributed by atoms with Gasteiger partial charge in [-0.3, -0.25) is 4.79 Å². The lowest BCUT2D eigenvalue weighted by Gasteiger charge is -2.24. The van der Waals surface area contributed by atoms with E-state index in [1.165, 1.54) is 5.56 Å². The minimum Gasteiger partial charge on any atom is -0.497 e. The molecule has 1 aliphatic carbocycles. The minimum absolute atomic E-state index is 0.205. The number of benzene rings is 2. The molecule has 0 spiro atoms. The fourth-order valence-corrected chi connectivity index (χ4v) is 3.04. The van der Waals surface area contributed by atoms with E-state index in [9.17, 15) is 4.79 Å². The lowest BCUT2D eigenvalue weighted by atomic mass is 10.1. The number of hydrogen-bond acceptors (Lipinski definition) is 3. The molecule has 0 saturated heterocycles. The van der Waals surface area contributed by atoms with Crippen LogP contribution in [0.5, 0.6) is 11.5 Å². The number of rotatable bonds is 8. The Morgan fingerprint density at radius 1 is 1.08 bits per heavy atom. The number of ether oxygens (including phenoxy) is 2. The Morgan fingerprint density at radius 2 is 1.84 bits per heavy atom. The van der Waals surface area contributed by atoms with Crippen molar-refractivity contribution >= 4 is 5.91 Å². The first-order valence-corrected chi connectivity index (χ1v) is 8.75. The van der Waals surface area contributed by atoms with Gasteiger partial charge in [-0.2, -0.15) is 0 Å². The predicted molar refractivity (Wildman–Crippen MR) is 97.9 cm³/mol. The van der Waals surface area contributed by atoms with Gasteiger partial charge in [0.2, 0.25) is 5.91 Å². The average molecular weight is 339 g/mol. The Balaban J connectivity index is 1.70. The number of methoxy groups -OCH3 is 2. The van der Waals surface area contributed by atoms with Crippen molar-refractivity contribution in [3.05, 3.63) is 59.7 Å². The molecule has 2 aromatic rings. The highest BCUT2D eigenvalue weighted by atomic mass is 16.5. The van der Waals surface area contributed by atoms with Crippen molar-refractivity contribution in [1.82, 2.24) is 4.90 Å². The summed E-state index contributed by atoms with van der Waals surface area (Å²) in [5, 5.41) is 0. The maximum Gasteiger partial charge on any atom is 0.223 e.